The van der Waals surface area contributed by atoms with Gasteiger partial charge in [-0.15, -0.1) is 0 Å². The number of benzene rings is 4. The van der Waals surface area contributed by atoms with E-state index in [9.17, 15) is 4.39 Å². The highest BCUT2D eigenvalue weighted by Crippen LogP contribution is 2.33. The first kappa shape index (κ1) is 23.0. The molecule has 4 aromatic carbocycles. The van der Waals surface area contributed by atoms with Crippen LogP contribution < -0.4 is 10.6 Å². The van der Waals surface area contributed by atoms with Gasteiger partial charge in [-0.05, 0) is 82.1 Å². The highest BCUT2D eigenvalue weighted by Gasteiger charge is 2.19. The normalized spacial score (nSPS) is 14.9. The Labute approximate surface area is 219 Å². The summed E-state index contributed by atoms with van der Waals surface area (Å²) in [6.07, 6.45) is 2.17. The number of rotatable bonds is 6. The third-order valence-electron chi connectivity index (χ3n) is 6.33. The van der Waals surface area contributed by atoms with Crippen molar-refractivity contribution in [2.45, 2.75) is 6.04 Å². The largest absolute Gasteiger partial charge is 0.359 e. The van der Waals surface area contributed by atoms with Crippen LogP contribution in [0, 0.1) is 5.82 Å². The highest BCUT2D eigenvalue weighted by molar-refractivity contribution is 7.08. The van der Waals surface area contributed by atoms with Gasteiger partial charge in [-0.25, -0.2) is 9.38 Å². The van der Waals surface area contributed by atoms with Crippen LogP contribution >= 0.6 is 11.3 Å². The number of nitrogens with zero attached hydrogens (tertiary/aromatic N) is 1. The molecule has 5 aromatic rings. The fourth-order valence-electron chi connectivity index (χ4n) is 4.44. The first-order chi connectivity index (χ1) is 18.2. The zero-order chi connectivity index (χ0) is 25.0. The number of aliphatic imine (C=N–C) groups is 1. The second kappa shape index (κ2) is 10.2. The summed E-state index contributed by atoms with van der Waals surface area (Å²) < 4.78 is 14.0. The van der Waals surface area contributed by atoms with E-state index in [1.54, 1.807) is 23.5 Å². The Hall–Kier alpha value is -4.48. The molecule has 1 aliphatic heterocycles. The lowest BCUT2D eigenvalue weighted by Crippen LogP contribution is -2.31. The first-order valence-electron chi connectivity index (χ1n) is 12.1. The molecule has 37 heavy (non-hydrogen) atoms. The molecule has 0 aliphatic carbocycles. The lowest BCUT2D eigenvalue weighted by molar-refractivity contribution is 0.628. The molecule has 0 spiro atoms. The number of nitrogens with one attached hydrogen (secondary N) is 2. The van der Waals surface area contributed by atoms with Gasteiger partial charge in [-0.3, -0.25) is 0 Å². The van der Waals surface area contributed by atoms with E-state index < -0.39 is 0 Å². The lowest BCUT2D eigenvalue weighted by atomic mass is 10.0. The Morgan fingerprint density at radius 2 is 1.51 bits per heavy atom. The SMILES string of the molecule is Fc1ccc(Nc2ccc(C3=NC(c4ccccc4)=CC(c4ccccc4)N3)cc2)c(-c2ccsc2)c1. The summed E-state index contributed by atoms with van der Waals surface area (Å²) in [6.45, 7) is 0. The summed E-state index contributed by atoms with van der Waals surface area (Å²) in [5.41, 5.74) is 7.81. The molecule has 180 valence electrons. The van der Waals surface area contributed by atoms with Crippen LogP contribution in [0.4, 0.5) is 15.8 Å². The molecular weight excluding hydrogens is 477 g/mol. The van der Waals surface area contributed by atoms with Crippen LogP contribution in [-0.2, 0) is 0 Å². The molecule has 3 nitrogen and oxygen atoms in total. The van der Waals surface area contributed by atoms with Gasteiger partial charge in [0.25, 0.3) is 0 Å². The summed E-state index contributed by atoms with van der Waals surface area (Å²) in [5.74, 6) is 0.571. The Morgan fingerprint density at radius 1 is 0.757 bits per heavy atom. The lowest BCUT2D eigenvalue weighted by Gasteiger charge is -2.24. The van der Waals surface area contributed by atoms with E-state index in [2.05, 4.69) is 65.2 Å². The standard InChI is InChI=1S/C32H24FN3S/c33-26-13-16-29(28(19-26)25-17-18-37-21-25)34-27-14-11-24(12-15-27)32-35-30(22-7-3-1-4-8-22)20-31(36-32)23-9-5-2-6-10-23/h1-21,30,34H,(H,35,36). The summed E-state index contributed by atoms with van der Waals surface area (Å²) in [7, 11) is 0. The van der Waals surface area contributed by atoms with Gasteiger partial charge in [0, 0.05) is 22.5 Å². The quantitative estimate of drug-likeness (QED) is 0.245. The van der Waals surface area contributed by atoms with Gasteiger partial charge in [0.2, 0.25) is 0 Å². The predicted octanol–water partition coefficient (Wildman–Crippen LogP) is 8.43. The maximum atomic E-state index is 14.0. The zero-order valence-electron chi connectivity index (χ0n) is 19.9. The molecule has 2 heterocycles. The molecule has 0 amide bonds. The zero-order valence-corrected chi connectivity index (χ0v) is 20.8. The predicted molar refractivity (Wildman–Crippen MR) is 153 cm³/mol. The van der Waals surface area contributed by atoms with Crippen LogP contribution in [0.25, 0.3) is 16.8 Å². The number of hydrogen-bond acceptors (Lipinski definition) is 4. The van der Waals surface area contributed by atoms with Crippen molar-refractivity contribution in [1.29, 1.82) is 0 Å². The Balaban J connectivity index is 1.30. The molecule has 0 bridgehead atoms. The summed E-state index contributed by atoms with van der Waals surface area (Å²) in [6, 6.07) is 35.6. The number of thiophene rings is 1. The molecule has 5 heteroatoms. The van der Waals surface area contributed by atoms with Crippen molar-refractivity contribution in [3.8, 4) is 11.1 Å². The fraction of sp³-hybridized carbons (Fsp3) is 0.0312. The van der Waals surface area contributed by atoms with Gasteiger partial charge in [0.05, 0.1) is 11.7 Å². The van der Waals surface area contributed by atoms with Crippen molar-refractivity contribution in [3.05, 3.63) is 149 Å². The second-order valence-electron chi connectivity index (χ2n) is 8.82. The smallest absolute Gasteiger partial charge is 0.134 e. The molecule has 0 radical (unpaired) electrons. The molecule has 1 aliphatic rings. The van der Waals surface area contributed by atoms with Gasteiger partial charge in [0.1, 0.15) is 11.7 Å². The number of halogens is 1. The minimum absolute atomic E-state index is 0.00842. The van der Waals surface area contributed by atoms with Crippen molar-refractivity contribution in [2.75, 3.05) is 5.32 Å². The van der Waals surface area contributed by atoms with Gasteiger partial charge >= 0.3 is 0 Å². The Kier molecular flexibility index (Phi) is 6.36. The summed E-state index contributed by atoms with van der Waals surface area (Å²) >= 11 is 1.60. The number of amidine groups is 1. The van der Waals surface area contributed by atoms with Crippen molar-refractivity contribution in [3.63, 3.8) is 0 Å². The van der Waals surface area contributed by atoms with Crippen molar-refractivity contribution < 1.29 is 4.39 Å². The van der Waals surface area contributed by atoms with Gasteiger partial charge in [0.15, 0.2) is 0 Å². The summed E-state index contributed by atoms with van der Waals surface area (Å²) in [5, 5.41) is 11.1. The van der Waals surface area contributed by atoms with E-state index in [1.165, 1.54) is 11.6 Å². The molecule has 0 saturated carbocycles. The second-order valence-corrected chi connectivity index (χ2v) is 9.60. The van der Waals surface area contributed by atoms with Gasteiger partial charge in [-0.2, -0.15) is 11.3 Å². The molecule has 6 rings (SSSR count). The minimum Gasteiger partial charge on any atom is -0.359 e. The van der Waals surface area contributed by atoms with Crippen LogP contribution in [0.5, 0.6) is 0 Å². The Bertz CT molecular complexity index is 1560. The molecule has 1 atom stereocenters. The van der Waals surface area contributed by atoms with Crippen LogP contribution in [-0.4, -0.2) is 5.84 Å². The van der Waals surface area contributed by atoms with Crippen molar-refractivity contribution in [2.24, 2.45) is 4.99 Å². The van der Waals surface area contributed by atoms with Crippen molar-refractivity contribution in [1.82, 2.24) is 5.32 Å². The average molecular weight is 502 g/mol. The van der Waals surface area contributed by atoms with E-state index >= 15 is 0 Å². The van der Waals surface area contributed by atoms with E-state index in [-0.39, 0.29) is 11.9 Å². The fourth-order valence-corrected chi connectivity index (χ4v) is 5.10. The molecule has 1 aromatic heterocycles. The highest BCUT2D eigenvalue weighted by atomic mass is 32.1. The van der Waals surface area contributed by atoms with Crippen LogP contribution in [0.3, 0.4) is 0 Å². The van der Waals surface area contributed by atoms with Crippen LogP contribution in [0.15, 0.2) is 131 Å². The molecule has 2 N–H and O–H groups in total. The Morgan fingerprint density at radius 3 is 2.24 bits per heavy atom. The number of hydrogen-bond donors (Lipinski definition) is 2. The first-order valence-corrected chi connectivity index (χ1v) is 13.0. The van der Waals surface area contributed by atoms with E-state index in [0.717, 1.165) is 45.2 Å². The average Bonchev–Trinajstić information content (AvgIpc) is 3.50. The topological polar surface area (TPSA) is 36.4 Å². The van der Waals surface area contributed by atoms with Gasteiger partial charge in [-0.1, -0.05) is 60.7 Å². The maximum Gasteiger partial charge on any atom is 0.134 e. The van der Waals surface area contributed by atoms with Crippen LogP contribution in [0.2, 0.25) is 0 Å². The number of anilines is 2. The molecule has 0 saturated heterocycles. The summed E-state index contributed by atoms with van der Waals surface area (Å²) in [4.78, 5) is 4.97. The van der Waals surface area contributed by atoms with E-state index in [4.69, 9.17) is 4.99 Å². The maximum absolute atomic E-state index is 14.0. The minimum atomic E-state index is -0.251. The van der Waals surface area contributed by atoms with Crippen LogP contribution in [0.1, 0.15) is 22.7 Å². The molecule has 1 unspecified atom stereocenters. The third kappa shape index (κ3) is 5.08. The van der Waals surface area contributed by atoms with E-state index in [1.807, 2.05) is 53.2 Å². The monoisotopic (exact) mass is 501 g/mol. The third-order valence-corrected chi connectivity index (χ3v) is 7.01. The van der Waals surface area contributed by atoms with Crippen molar-refractivity contribution >= 4 is 34.2 Å². The molecule has 0 fully saturated rings. The van der Waals surface area contributed by atoms with Gasteiger partial charge < -0.3 is 10.6 Å². The molecular formula is C32H24FN3S. The van der Waals surface area contributed by atoms with E-state index in [0.29, 0.717) is 0 Å².